The summed E-state index contributed by atoms with van der Waals surface area (Å²) in [5, 5.41) is 18.4. The van der Waals surface area contributed by atoms with Crippen molar-refractivity contribution in [1.82, 2.24) is 0 Å². The standard InChI is InChI=1S/C12H8F12N2O2/c13-9(14,15)7(27,10(16,17)18)3-1-2-4(6(26)5(3)25)8(28,11(19,20)21)12(22,23)24/h1-2,27-28H,25-26H2. The number of benzene rings is 1. The molecule has 6 N–H and O–H groups in total. The minimum atomic E-state index is -6.54. The van der Waals surface area contributed by atoms with Crippen LogP contribution in [0.4, 0.5) is 64.1 Å². The van der Waals surface area contributed by atoms with E-state index in [0.29, 0.717) is 0 Å². The van der Waals surface area contributed by atoms with Crippen molar-refractivity contribution in [2.45, 2.75) is 35.9 Å². The van der Waals surface area contributed by atoms with Gasteiger partial charge in [0, 0.05) is 11.1 Å². The van der Waals surface area contributed by atoms with Crippen LogP contribution in [0.5, 0.6) is 0 Å². The van der Waals surface area contributed by atoms with Crippen LogP contribution in [0.25, 0.3) is 0 Å². The van der Waals surface area contributed by atoms with E-state index in [1.54, 1.807) is 0 Å². The molecule has 4 nitrogen and oxygen atoms in total. The van der Waals surface area contributed by atoms with Gasteiger partial charge in [-0.25, -0.2) is 0 Å². The first kappa shape index (κ1) is 23.9. The summed E-state index contributed by atoms with van der Waals surface area (Å²) in [5.74, 6) is 0. The second-order valence-electron chi connectivity index (χ2n) is 5.40. The summed E-state index contributed by atoms with van der Waals surface area (Å²) in [4.78, 5) is 0. The smallest absolute Gasteiger partial charge is 0.397 e. The summed E-state index contributed by atoms with van der Waals surface area (Å²) < 4.78 is 154. The number of nitrogens with two attached hydrogens (primary N) is 2. The quantitative estimate of drug-likeness (QED) is 0.419. The van der Waals surface area contributed by atoms with Crippen molar-refractivity contribution in [3.8, 4) is 0 Å². The molecule has 0 amide bonds. The molecule has 0 atom stereocenters. The van der Waals surface area contributed by atoms with Crippen LogP contribution in [-0.4, -0.2) is 34.9 Å². The molecular formula is C12H8F12N2O2. The monoisotopic (exact) mass is 440 g/mol. The van der Waals surface area contributed by atoms with Gasteiger partial charge in [-0.05, 0) is 0 Å². The van der Waals surface area contributed by atoms with Crippen molar-refractivity contribution in [2.24, 2.45) is 0 Å². The molecule has 0 spiro atoms. The highest BCUT2D eigenvalue weighted by Crippen LogP contribution is 2.56. The molecule has 0 radical (unpaired) electrons. The molecule has 0 aromatic heterocycles. The van der Waals surface area contributed by atoms with E-state index in [-0.39, 0.29) is 0 Å². The fourth-order valence-electron chi connectivity index (χ4n) is 2.20. The minimum absolute atomic E-state index is 0.593. The van der Waals surface area contributed by atoms with Gasteiger partial charge in [0.15, 0.2) is 0 Å². The zero-order valence-electron chi connectivity index (χ0n) is 12.7. The van der Waals surface area contributed by atoms with Gasteiger partial charge in [0.2, 0.25) is 0 Å². The van der Waals surface area contributed by atoms with Crippen LogP contribution in [0.3, 0.4) is 0 Å². The first-order valence-corrected chi connectivity index (χ1v) is 6.45. The van der Waals surface area contributed by atoms with Gasteiger partial charge >= 0.3 is 24.7 Å². The molecule has 0 bridgehead atoms. The van der Waals surface area contributed by atoms with Crippen LogP contribution in [0.2, 0.25) is 0 Å². The third-order valence-corrected chi connectivity index (χ3v) is 3.71. The number of hydrogen-bond acceptors (Lipinski definition) is 4. The van der Waals surface area contributed by atoms with Crippen LogP contribution in [-0.2, 0) is 11.2 Å². The van der Waals surface area contributed by atoms with E-state index < -0.39 is 70.5 Å². The highest BCUT2D eigenvalue weighted by atomic mass is 19.4. The van der Waals surface area contributed by atoms with Crippen molar-refractivity contribution in [1.29, 1.82) is 0 Å². The molecule has 0 saturated carbocycles. The predicted octanol–water partition coefficient (Wildman–Crippen LogP) is 3.48. The van der Waals surface area contributed by atoms with E-state index in [9.17, 15) is 62.9 Å². The maximum Gasteiger partial charge on any atom is 0.430 e. The Morgan fingerprint density at radius 3 is 0.821 bits per heavy atom. The average molecular weight is 440 g/mol. The van der Waals surface area contributed by atoms with E-state index in [1.807, 2.05) is 0 Å². The number of alkyl halides is 12. The van der Waals surface area contributed by atoms with Gasteiger partial charge in [0.05, 0.1) is 11.4 Å². The molecule has 1 aromatic rings. The maximum absolute atomic E-state index is 12.8. The molecule has 0 fully saturated rings. The van der Waals surface area contributed by atoms with Crippen molar-refractivity contribution in [2.75, 3.05) is 11.5 Å². The molecule has 0 aliphatic rings. The lowest BCUT2D eigenvalue weighted by molar-refractivity contribution is -0.377. The van der Waals surface area contributed by atoms with Crippen LogP contribution >= 0.6 is 0 Å². The maximum atomic E-state index is 12.8. The van der Waals surface area contributed by atoms with Crippen LogP contribution < -0.4 is 11.5 Å². The number of aliphatic hydroxyl groups is 2. The Kier molecular flexibility index (Phi) is 5.30. The lowest BCUT2D eigenvalue weighted by Crippen LogP contribution is -2.55. The number of halogens is 12. The fourth-order valence-corrected chi connectivity index (χ4v) is 2.20. The number of nitrogen functional groups attached to an aromatic ring is 2. The van der Waals surface area contributed by atoms with E-state index in [2.05, 4.69) is 0 Å². The number of hydrogen-bond donors (Lipinski definition) is 4. The van der Waals surface area contributed by atoms with Crippen LogP contribution in [0.1, 0.15) is 11.1 Å². The topological polar surface area (TPSA) is 92.5 Å². The number of anilines is 2. The Balaban J connectivity index is 3.94. The minimum Gasteiger partial charge on any atom is -0.397 e. The van der Waals surface area contributed by atoms with E-state index in [1.165, 1.54) is 0 Å². The Labute approximate surface area is 146 Å². The lowest BCUT2D eigenvalue weighted by Gasteiger charge is -2.36. The second-order valence-corrected chi connectivity index (χ2v) is 5.40. The summed E-state index contributed by atoms with van der Waals surface area (Å²) in [6.07, 6.45) is -26.2. The second kappa shape index (κ2) is 6.20. The first-order valence-electron chi connectivity index (χ1n) is 6.45. The van der Waals surface area contributed by atoms with E-state index in [0.717, 1.165) is 0 Å². The van der Waals surface area contributed by atoms with Crippen molar-refractivity contribution in [3.63, 3.8) is 0 Å². The molecule has 1 aromatic carbocycles. The van der Waals surface area contributed by atoms with E-state index >= 15 is 0 Å². The summed E-state index contributed by atoms with van der Waals surface area (Å²) >= 11 is 0. The summed E-state index contributed by atoms with van der Waals surface area (Å²) in [5.41, 5.74) is -10.9. The van der Waals surface area contributed by atoms with Gasteiger partial charge in [-0.1, -0.05) is 12.1 Å². The lowest BCUT2D eigenvalue weighted by atomic mass is 9.84. The van der Waals surface area contributed by atoms with Crippen molar-refractivity contribution >= 4 is 11.4 Å². The van der Waals surface area contributed by atoms with E-state index in [4.69, 9.17) is 11.5 Å². The molecule has 0 unspecified atom stereocenters. The van der Waals surface area contributed by atoms with Gasteiger partial charge in [-0.3, -0.25) is 0 Å². The third-order valence-electron chi connectivity index (χ3n) is 3.71. The predicted molar refractivity (Wildman–Crippen MR) is 67.3 cm³/mol. The largest absolute Gasteiger partial charge is 0.430 e. The molecule has 1 rings (SSSR count). The van der Waals surface area contributed by atoms with Gasteiger partial charge < -0.3 is 21.7 Å². The molecular weight excluding hydrogens is 432 g/mol. The fraction of sp³-hybridized carbons (Fsp3) is 0.500. The van der Waals surface area contributed by atoms with Crippen molar-refractivity contribution in [3.05, 3.63) is 23.3 Å². The zero-order valence-corrected chi connectivity index (χ0v) is 12.7. The summed E-state index contributed by atoms with van der Waals surface area (Å²) in [6.45, 7) is 0. The molecule has 28 heavy (non-hydrogen) atoms. The molecule has 0 aliphatic carbocycles. The first-order chi connectivity index (χ1) is 12.0. The highest BCUT2D eigenvalue weighted by molar-refractivity contribution is 5.74. The third kappa shape index (κ3) is 3.17. The van der Waals surface area contributed by atoms with Crippen molar-refractivity contribution < 1.29 is 62.9 Å². The molecule has 162 valence electrons. The van der Waals surface area contributed by atoms with Gasteiger partial charge in [0.25, 0.3) is 11.2 Å². The van der Waals surface area contributed by atoms with Gasteiger partial charge in [-0.2, -0.15) is 52.7 Å². The Morgan fingerprint density at radius 2 is 0.679 bits per heavy atom. The van der Waals surface area contributed by atoms with Gasteiger partial charge in [-0.15, -0.1) is 0 Å². The average Bonchev–Trinajstić information content (AvgIpc) is 2.43. The Bertz CT molecular complexity index is 656. The van der Waals surface area contributed by atoms with Crippen LogP contribution in [0, 0.1) is 0 Å². The summed E-state index contributed by atoms with van der Waals surface area (Å²) in [6, 6.07) is -1.19. The number of rotatable bonds is 2. The molecule has 0 aliphatic heterocycles. The molecule has 0 heterocycles. The Morgan fingerprint density at radius 1 is 0.500 bits per heavy atom. The molecule has 0 saturated heterocycles. The molecule has 16 heteroatoms. The SMILES string of the molecule is Nc1c(C(O)(C(F)(F)F)C(F)(F)F)ccc(C(O)(C(F)(F)F)C(F)(F)F)c1N. The normalized spacial score (nSPS) is 15.1. The zero-order chi connectivity index (χ0) is 22.7. The highest BCUT2D eigenvalue weighted by Gasteiger charge is 2.74. The Hall–Kier alpha value is -2.10. The van der Waals surface area contributed by atoms with Crippen LogP contribution in [0.15, 0.2) is 12.1 Å². The summed E-state index contributed by atoms with van der Waals surface area (Å²) in [7, 11) is 0. The van der Waals surface area contributed by atoms with Gasteiger partial charge in [0.1, 0.15) is 0 Å².